The molecular weight excluding hydrogens is 246 g/mol. The van der Waals surface area contributed by atoms with Gasteiger partial charge < -0.3 is 9.29 Å². The Hall–Kier alpha value is -0.190. The van der Waals surface area contributed by atoms with E-state index in [1.165, 1.54) is 12.8 Å². The molecule has 0 saturated heterocycles. The molecule has 104 valence electrons. The van der Waals surface area contributed by atoms with E-state index in [9.17, 15) is 4.55 Å². The summed E-state index contributed by atoms with van der Waals surface area (Å²) in [6.45, 7) is 8.28. The first-order valence-corrected chi connectivity index (χ1v) is 7.96. The molecule has 0 aromatic carbocycles. The first-order valence-electron chi connectivity index (χ1n) is 6.81. The Morgan fingerprint density at radius 3 is 2.56 bits per heavy atom. The van der Waals surface area contributed by atoms with Gasteiger partial charge in [-0.05, 0) is 57.9 Å². The first-order chi connectivity index (χ1) is 8.33. The predicted octanol–water partition coefficient (Wildman–Crippen LogP) is 2.90. The summed E-state index contributed by atoms with van der Waals surface area (Å²) in [5.74, 6) is 0. The Kier molecular flexibility index (Phi) is 4.00. The normalized spacial score (nSPS) is 29.5. The van der Waals surface area contributed by atoms with E-state index < -0.39 is 11.4 Å². The number of hydrogen-bond donors (Lipinski definition) is 1. The van der Waals surface area contributed by atoms with Gasteiger partial charge in [-0.2, -0.15) is 0 Å². The lowest BCUT2D eigenvalue weighted by atomic mass is 9.91. The monoisotopic (exact) mass is 271 g/mol. The minimum Gasteiger partial charge on any atom is -0.598 e. The van der Waals surface area contributed by atoms with Crippen LogP contribution in [0, 0.1) is 5.41 Å². The zero-order valence-corrected chi connectivity index (χ0v) is 12.7. The largest absolute Gasteiger partial charge is 0.598 e. The van der Waals surface area contributed by atoms with Gasteiger partial charge in [0.1, 0.15) is 10.9 Å². The maximum atomic E-state index is 12.3. The molecular formula is C14H25NO2S. The van der Waals surface area contributed by atoms with Gasteiger partial charge in [0.25, 0.3) is 0 Å². The molecule has 0 unspecified atom stereocenters. The van der Waals surface area contributed by atoms with E-state index in [0.717, 1.165) is 12.8 Å². The molecule has 2 aliphatic rings. The molecule has 1 aliphatic carbocycles. The van der Waals surface area contributed by atoms with Gasteiger partial charge in [0, 0.05) is 11.4 Å². The number of allylic oxidation sites excluding steroid dienone is 1. The molecule has 0 aromatic rings. The summed E-state index contributed by atoms with van der Waals surface area (Å²) in [6, 6.07) is 0.197. The Morgan fingerprint density at radius 2 is 2.11 bits per heavy atom. The highest BCUT2D eigenvalue weighted by Gasteiger charge is 2.51. The maximum absolute atomic E-state index is 12.3. The van der Waals surface area contributed by atoms with Crippen LogP contribution < -0.4 is 4.72 Å². The Labute approximate surface area is 114 Å². The van der Waals surface area contributed by atoms with Gasteiger partial charge in [-0.15, -0.1) is 4.72 Å². The van der Waals surface area contributed by atoms with Crippen LogP contribution in [-0.4, -0.2) is 21.4 Å². The standard InChI is InChI=1S/C14H25NO2S/c1-13(2,3)18(16)15-12(14(4)8-9-14)11-7-5-6-10-17-11/h6,10-12,15H,5,7-9H2,1-4H3/t11-,12+,18-/m0/s1. The summed E-state index contributed by atoms with van der Waals surface area (Å²) in [6.07, 6.45) is 8.50. The third kappa shape index (κ3) is 3.22. The van der Waals surface area contributed by atoms with Crippen molar-refractivity contribution >= 4 is 11.4 Å². The molecule has 2 rings (SSSR count). The smallest absolute Gasteiger partial charge is 0.136 e. The Bertz CT molecular complexity index is 320. The minimum atomic E-state index is -1.03. The van der Waals surface area contributed by atoms with E-state index in [1.54, 1.807) is 6.26 Å². The highest BCUT2D eigenvalue weighted by molar-refractivity contribution is 7.90. The van der Waals surface area contributed by atoms with Crippen molar-refractivity contribution in [1.82, 2.24) is 4.72 Å². The lowest BCUT2D eigenvalue weighted by Crippen LogP contribution is -2.53. The zero-order chi connectivity index (χ0) is 13.4. The highest BCUT2D eigenvalue weighted by Crippen LogP contribution is 2.50. The van der Waals surface area contributed by atoms with Gasteiger partial charge >= 0.3 is 0 Å². The van der Waals surface area contributed by atoms with Crippen LogP contribution in [0.1, 0.15) is 53.4 Å². The molecule has 1 saturated carbocycles. The summed E-state index contributed by atoms with van der Waals surface area (Å²) in [5.41, 5.74) is 0.261. The van der Waals surface area contributed by atoms with Crippen molar-refractivity contribution in [1.29, 1.82) is 0 Å². The third-order valence-electron chi connectivity index (χ3n) is 3.92. The van der Waals surface area contributed by atoms with Crippen LogP contribution in [0.3, 0.4) is 0 Å². The van der Waals surface area contributed by atoms with Crippen LogP contribution in [0.5, 0.6) is 0 Å². The molecule has 0 spiro atoms. The van der Waals surface area contributed by atoms with Crippen LogP contribution in [0.4, 0.5) is 0 Å². The van der Waals surface area contributed by atoms with Crippen LogP contribution in [0.15, 0.2) is 12.3 Å². The molecule has 0 amide bonds. The topological polar surface area (TPSA) is 44.3 Å². The van der Waals surface area contributed by atoms with Gasteiger partial charge in [0.2, 0.25) is 0 Å². The van der Waals surface area contributed by atoms with Gasteiger partial charge in [-0.3, -0.25) is 0 Å². The van der Waals surface area contributed by atoms with Crippen molar-refractivity contribution in [3.05, 3.63) is 12.3 Å². The van der Waals surface area contributed by atoms with Crippen LogP contribution in [0.2, 0.25) is 0 Å². The first kappa shape index (κ1) is 14.2. The summed E-state index contributed by atoms with van der Waals surface area (Å²) < 4.78 is 21.2. The molecule has 1 N–H and O–H groups in total. The summed E-state index contributed by atoms with van der Waals surface area (Å²) in [4.78, 5) is 0. The van der Waals surface area contributed by atoms with Crippen molar-refractivity contribution in [2.75, 3.05) is 0 Å². The molecule has 0 aromatic heterocycles. The fourth-order valence-corrected chi connectivity index (χ4v) is 3.29. The fraction of sp³-hybridized carbons (Fsp3) is 0.857. The summed E-state index contributed by atoms with van der Waals surface area (Å²) in [7, 11) is 0. The molecule has 0 radical (unpaired) electrons. The molecule has 1 fully saturated rings. The predicted molar refractivity (Wildman–Crippen MR) is 75.4 cm³/mol. The number of nitrogens with one attached hydrogen (secondary N) is 1. The molecule has 4 heteroatoms. The quantitative estimate of drug-likeness (QED) is 0.800. The van der Waals surface area contributed by atoms with E-state index in [2.05, 4.69) is 17.7 Å². The average Bonchev–Trinajstić information content (AvgIpc) is 3.04. The highest BCUT2D eigenvalue weighted by atomic mass is 32.2. The lowest BCUT2D eigenvalue weighted by molar-refractivity contribution is 0.0688. The maximum Gasteiger partial charge on any atom is 0.136 e. The van der Waals surface area contributed by atoms with Crippen molar-refractivity contribution < 1.29 is 9.29 Å². The number of rotatable bonds is 4. The van der Waals surface area contributed by atoms with Gasteiger partial charge in [0.15, 0.2) is 0 Å². The second kappa shape index (κ2) is 5.06. The van der Waals surface area contributed by atoms with Crippen molar-refractivity contribution in [2.24, 2.45) is 5.41 Å². The molecule has 3 atom stereocenters. The van der Waals surface area contributed by atoms with Gasteiger partial charge in [0.05, 0.1) is 12.3 Å². The fourth-order valence-electron chi connectivity index (χ4n) is 2.27. The van der Waals surface area contributed by atoms with E-state index in [-0.39, 0.29) is 22.3 Å². The molecule has 0 bridgehead atoms. The number of hydrogen-bond acceptors (Lipinski definition) is 3. The second-order valence-corrected chi connectivity index (χ2v) is 8.75. The van der Waals surface area contributed by atoms with Crippen LogP contribution >= 0.6 is 0 Å². The minimum absolute atomic E-state index is 0.161. The lowest BCUT2D eigenvalue weighted by Gasteiger charge is -2.35. The van der Waals surface area contributed by atoms with E-state index in [0.29, 0.717) is 0 Å². The molecule has 18 heavy (non-hydrogen) atoms. The van der Waals surface area contributed by atoms with Crippen LogP contribution in [0.25, 0.3) is 0 Å². The van der Waals surface area contributed by atoms with Crippen molar-refractivity contribution in [2.45, 2.75) is 70.3 Å². The molecule has 3 nitrogen and oxygen atoms in total. The van der Waals surface area contributed by atoms with Gasteiger partial charge in [-0.1, -0.05) is 6.92 Å². The van der Waals surface area contributed by atoms with E-state index in [4.69, 9.17) is 4.74 Å². The Balaban J connectivity index is 2.04. The average molecular weight is 271 g/mol. The second-order valence-electron chi connectivity index (χ2n) is 6.75. The molecule has 1 aliphatic heterocycles. The number of ether oxygens (including phenoxy) is 1. The van der Waals surface area contributed by atoms with Crippen LogP contribution in [-0.2, 0) is 16.1 Å². The third-order valence-corrected chi connectivity index (χ3v) is 5.50. The zero-order valence-electron chi connectivity index (χ0n) is 11.9. The van der Waals surface area contributed by atoms with E-state index >= 15 is 0 Å². The van der Waals surface area contributed by atoms with E-state index in [1.807, 2.05) is 20.8 Å². The summed E-state index contributed by atoms with van der Waals surface area (Å²) in [5, 5.41) is 0. The summed E-state index contributed by atoms with van der Waals surface area (Å²) >= 11 is -1.03. The molecule has 1 heterocycles. The van der Waals surface area contributed by atoms with Gasteiger partial charge in [-0.25, -0.2) is 0 Å². The van der Waals surface area contributed by atoms with Crippen molar-refractivity contribution in [3.63, 3.8) is 0 Å². The Morgan fingerprint density at radius 1 is 1.44 bits per heavy atom. The van der Waals surface area contributed by atoms with Crippen molar-refractivity contribution in [3.8, 4) is 0 Å². The SMILES string of the molecule is CC1([C@H](N[S@@+]([O-])C(C)(C)C)[C@@H]2CCC=CO2)CC1.